The Hall–Kier alpha value is -3.49. The summed E-state index contributed by atoms with van der Waals surface area (Å²) in [6.45, 7) is 4.13. The summed E-state index contributed by atoms with van der Waals surface area (Å²) < 4.78 is 0. The normalized spacial score (nSPS) is 17.7. The lowest BCUT2D eigenvalue weighted by atomic mass is 9.95. The number of anilines is 1. The van der Waals surface area contributed by atoms with Crippen molar-refractivity contribution in [2.24, 2.45) is 16.8 Å². The number of aromatic nitrogens is 2. The van der Waals surface area contributed by atoms with Crippen molar-refractivity contribution < 1.29 is 5.11 Å². The molecule has 2 atom stereocenters. The number of aliphatic hydroxyl groups excluding tert-OH is 1. The molecule has 1 aliphatic heterocycles. The molecule has 0 radical (unpaired) electrons. The molecular formula is C26H33N7O. The van der Waals surface area contributed by atoms with Crippen LogP contribution in [0, 0.1) is 13.8 Å². The van der Waals surface area contributed by atoms with Crippen molar-refractivity contribution >= 4 is 11.7 Å². The zero-order valence-electron chi connectivity index (χ0n) is 19.8. The Morgan fingerprint density at radius 3 is 2.15 bits per heavy atom. The van der Waals surface area contributed by atoms with Crippen LogP contribution < -0.4 is 22.4 Å². The van der Waals surface area contributed by atoms with Gasteiger partial charge in [0.2, 0.25) is 0 Å². The molecule has 1 aromatic heterocycles. The van der Waals surface area contributed by atoms with E-state index in [1.165, 1.54) is 11.1 Å². The van der Waals surface area contributed by atoms with Crippen LogP contribution in [0.4, 0.5) is 5.82 Å². The molecule has 0 spiro atoms. The smallest absolute Gasteiger partial charge is 0.151 e. The van der Waals surface area contributed by atoms with Gasteiger partial charge in [-0.3, -0.25) is 0 Å². The summed E-state index contributed by atoms with van der Waals surface area (Å²) in [6.07, 6.45) is 3.34. The predicted molar refractivity (Wildman–Crippen MR) is 137 cm³/mol. The van der Waals surface area contributed by atoms with Gasteiger partial charge in [0.1, 0.15) is 17.6 Å². The maximum absolute atomic E-state index is 11.0. The maximum atomic E-state index is 11.0. The number of nitrogens with zero attached hydrogens (tertiary/aromatic N) is 3. The third-order valence-electron chi connectivity index (χ3n) is 6.28. The van der Waals surface area contributed by atoms with Gasteiger partial charge in [0.25, 0.3) is 0 Å². The first-order chi connectivity index (χ1) is 16.5. The number of aryl methyl sites for hydroxylation is 2. The maximum Gasteiger partial charge on any atom is 0.151 e. The number of unbranched alkanes of at least 4 members (excludes halogenated alkanes) is 1. The summed E-state index contributed by atoms with van der Waals surface area (Å²) in [5.74, 6) is 11.9. The van der Waals surface area contributed by atoms with E-state index in [0.717, 1.165) is 41.8 Å². The molecule has 0 aliphatic carbocycles. The van der Waals surface area contributed by atoms with E-state index in [9.17, 15) is 5.11 Å². The first kappa shape index (κ1) is 23.7. The van der Waals surface area contributed by atoms with E-state index in [4.69, 9.17) is 21.7 Å². The van der Waals surface area contributed by atoms with Gasteiger partial charge in [0.05, 0.1) is 11.4 Å². The van der Waals surface area contributed by atoms with Gasteiger partial charge >= 0.3 is 0 Å². The predicted octanol–water partition coefficient (Wildman–Crippen LogP) is 3.94. The molecule has 0 bridgehead atoms. The standard InChI is InChI=1S/C26H33N7O/c1-16-7-11-18(12-8-16)23-24(19-13-9-17(2)10-14-19)31-26-25(30-23)21(34)15-20(29-26)5-3-4-6-22(32-27)33-28/h7-14,20-21,34H,3-6,15,27-28H2,1-2H3,(H,29,31)(H,32,33). The van der Waals surface area contributed by atoms with Crippen molar-refractivity contribution in [2.45, 2.75) is 58.1 Å². The Labute approximate surface area is 200 Å². The minimum atomic E-state index is -0.670. The van der Waals surface area contributed by atoms with Gasteiger partial charge < -0.3 is 21.7 Å². The van der Waals surface area contributed by atoms with Gasteiger partial charge in [-0.15, -0.1) is 0 Å². The monoisotopic (exact) mass is 459 g/mol. The molecule has 8 heteroatoms. The van der Waals surface area contributed by atoms with Crippen LogP contribution in [0.5, 0.6) is 0 Å². The van der Waals surface area contributed by atoms with E-state index in [-0.39, 0.29) is 6.04 Å². The molecule has 0 saturated heterocycles. The van der Waals surface area contributed by atoms with E-state index in [1.807, 2.05) is 0 Å². The summed E-state index contributed by atoms with van der Waals surface area (Å²) in [7, 11) is 0. The van der Waals surface area contributed by atoms with Gasteiger partial charge in [-0.1, -0.05) is 66.1 Å². The van der Waals surface area contributed by atoms with Gasteiger partial charge in [0, 0.05) is 23.6 Å². The molecule has 0 amide bonds. The zero-order valence-corrected chi connectivity index (χ0v) is 19.8. The largest absolute Gasteiger partial charge is 0.387 e. The molecule has 7 N–H and O–H groups in total. The first-order valence-electron chi connectivity index (χ1n) is 11.7. The summed E-state index contributed by atoms with van der Waals surface area (Å²) in [6, 6.07) is 16.7. The number of rotatable bonds is 7. The van der Waals surface area contributed by atoms with Crippen molar-refractivity contribution in [3.8, 4) is 22.5 Å². The molecule has 2 aromatic carbocycles. The van der Waals surface area contributed by atoms with Gasteiger partial charge in [-0.05, 0) is 33.1 Å². The highest BCUT2D eigenvalue weighted by molar-refractivity contribution is 5.81. The summed E-state index contributed by atoms with van der Waals surface area (Å²) in [4.78, 5) is 9.94. The minimum Gasteiger partial charge on any atom is -0.387 e. The van der Waals surface area contributed by atoms with Crippen LogP contribution in [0.1, 0.15) is 55.0 Å². The Bertz CT molecular complexity index is 1140. The number of hydrazone groups is 1. The van der Waals surface area contributed by atoms with E-state index in [0.29, 0.717) is 30.2 Å². The zero-order chi connectivity index (χ0) is 24.1. The number of nitrogens with two attached hydrogens (primary N) is 2. The van der Waals surface area contributed by atoms with Crippen LogP contribution in [0.25, 0.3) is 22.5 Å². The van der Waals surface area contributed by atoms with Crippen molar-refractivity contribution in [3.63, 3.8) is 0 Å². The first-order valence-corrected chi connectivity index (χ1v) is 11.7. The Kier molecular flexibility index (Phi) is 7.40. The number of benzene rings is 2. The summed E-state index contributed by atoms with van der Waals surface area (Å²) in [5.41, 5.74) is 9.05. The van der Waals surface area contributed by atoms with Gasteiger partial charge in [-0.2, -0.15) is 5.10 Å². The molecular weight excluding hydrogens is 426 g/mol. The van der Waals surface area contributed by atoms with Crippen molar-refractivity contribution in [1.82, 2.24) is 15.4 Å². The fourth-order valence-electron chi connectivity index (χ4n) is 4.29. The molecule has 4 rings (SSSR count). The Morgan fingerprint density at radius 1 is 1.00 bits per heavy atom. The van der Waals surface area contributed by atoms with Crippen LogP contribution in [0.2, 0.25) is 0 Å². The topological polar surface area (TPSA) is 134 Å². The molecule has 1 aliphatic rings. The second kappa shape index (κ2) is 10.6. The number of amidine groups is 1. The van der Waals surface area contributed by atoms with Gasteiger partial charge in [-0.25, -0.2) is 15.8 Å². The Morgan fingerprint density at radius 2 is 1.59 bits per heavy atom. The Balaban J connectivity index is 1.62. The number of fused-ring (bicyclic) bond motifs is 1. The molecule has 34 heavy (non-hydrogen) atoms. The molecule has 2 unspecified atom stereocenters. The lowest BCUT2D eigenvalue weighted by Gasteiger charge is -2.30. The van der Waals surface area contributed by atoms with E-state index in [1.54, 1.807) is 0 Å². The second-order valence-electron chi connectivity index (χ2n) is 8.95. The van der Waals surface area contributed by atoms with Crippen LogP contribution in [0.3, 0.4) is 0 Å². The highest BCUT2D eigenvalue weighted by Crippen LogP contribution is 2.37. The van der Waals surface area contributed by atoms with E-state index < -0.39 is 6.10 Å². The highest BCUT2D eigenvalue weighted by atomic mass is 16.3. The molecule has 8 nitrogen and oxygen atoms in total. The fraction of sp³-hybridized carbons (Fsp3) is 0.346. The molecule has 0 saturated carbocycles. The van der Waals surface area contributed by atoms with Crippen molar-refractivity contribution in [1.29, 1.82) is 0 Å². The average molecular weight is 460 g/mol. The molecule has 3 aromatic rings. The number of hydrazine groups is 1. The minimum absolute atomic E-state index is 0.108. The lowest BCUT2D eigenvalue weighted by molar-refractivity contribution is 0.149. The van der Waals surface area contributed by atoms with Crippen LogP contribution in [0.15, 0.2) is 53.6 Å². The highest BCUT2D eigenvalue weighted by Gasteiger charge is 2.29. The quantitative estimate of drug-likeness (QED) is 0.119. The van der Waals surface area contributed by atoms with E-state index >= 15 is 0 Å². The van der Waals surface area contributed by atoms with Crippen molar-refractivity contribution in [2.75, 3.05) is 5.32 Å². The summed E-state index contributed by atoms with van der Waals surface area (Å²) >= 11 is 0. The second-order valence-corrected chi connectivity index (χ2v) is 8.95. The molecule has 0 fully saturated rings. The fourth-order valence-corrected chi connectivity index (χ4v) is 4.29. The van der Waals surface area contributed by atoms with Crippen LogP contribution >= 0.6 is 0 Å². The van der Waals surface area contributed by atoms with Crippen LogP contribution in [-0.4, -0.2) is 27.0 Å². The summed E-state index contributed by atoms with van der Waals surface area (Å²) in [5, 5.41) is 18.1. The SMILES string of the molecule is Cc1ccc(-c2nc3c(nc2-c2ccc(C)cc2)C(O)CC(CCCC/C(=N/N)NN)N3)cc1. The average Bonchev–Trinajstić information content (AvgIpc) is 2.84. The number of aliphatic hydroxyl groups is 1. The third-order valence-corrected chi connectivity index (χ3v) is 6.28. The number of nitrogens with one attached hydrogen (secondary N) is 2. The van der Waals surface area contributed by atoms with Crippen LogP contribution in [-0.2, 0) is 0 Å². The number of hydrogen-bond acceptors (Lipinski definition) is 7. The third kappa shape index (κ3) is 5.35. The lowest BCUT2D eigenvalue weighted by Crippen LogP contribution is -2.31. The van der Waals surface area contributed by atoms with Crippen molar-refractivity contribution in [3.05, 3.63) is 65.4 Å². The molecule has 178 valence electrons. The van der Waals surface area contributed by atoms with E-state index in [2.05, 4.69) is 78.2 Å². The van der Waals surface area contributed by atoms with Gasteiger partial charge in [0.15, 0.2) is 5.82 Å². The molecule has 2 heterocycles. The number of hydrogen-bond donors (Lipinski definition) is 5.